The van der Waals surface area contributed by atoms with Crippen LogP contribution in [0.4, 0.5) is 0 Å². The van der Waals surface area contributed by atoms with Gasteiger partial charge in [-0.15, -0.1) is 0 Å². The number of carbonyl (C=O) groups excluding carboxylic acids is 2. The van der Waals surface area contributed by atoms with E-state index in [2.05, 4.69) is 0 Å². The van der Waals surface area contributed by atoms with Crippen LogP contribution in [0.25, 0.3) is 0 Å². The van der Waals surface area contributed by atoms with Crippen molar-refractivity contribution in [2.45, 2.75) is 55.4 Å². The molecule has 0 aliphatic carbocycles. The fourth-order valence-corrected chi connectivity index (χ4v) is 2.42. The Hall–Kier alpha value is -1.06. The Balaban J connectivity index is 5.34. The molecule has 124 valence electrons. The van der Waals surface area contributed by atoms with E-state index in [9.17, 15) is 9.59 Å². The Morgan fingerprint density at radius 3 is 1.19 bits per heavy atom. The smallest absolute Gasteiger partial charge is 0.324 e. The molecule has 0 radical (unpaired) electrons. The third-order valence-corrected chi connectivity index (χ3v) is 3.59. The van der Waals surface area contributed by atoms with E-state index in [1.165, 1.54) is 0 Å². The number of esters is 2. The van der Waals surface area contributed by atoms with Gasteiger partial charge in [-0.1, -0.05) is 55.4 Å². The lowest BCUT2D eigenvalue weighted by molar-refractivity contribution is -0.182. The third-order valence-electron chi connectivity index (χ3n) is 3.59. The zero-order valence-corrected chi connectivity index (χ0v) is 14.9. The maximum absolute atomic E-state index is 12.6. The molecule has 21 heavy (non-hydrogen) atoms. The van der Waals surface area contributed by atoms with Gasteiger partial charge >= 0.3 is 11.9 Å². The number of hydrogen-bond donors (Lipinski definition) is 0. The summed E-state index contributed by atoms with van der Waals surface area (Å²) in [6, 6.07) is 0. The van der Waals surface area contributed by atoms with Crippen LogP contribution in [0.3, 0.4) is 0 Å². The Morgan fingerprint density at radius 2 is 1.00 bits per heavy atom. The average molecular weight is 300 g/mol. The SMILES string of the molecule is CC(C)COC(=O)C(C(=O)OCC(C)C)(C(C)C)C(C)C. The van der Waals surface area contributed by atoms with Gasteiger partial charge < -0.3 is 9.47 Å². The normalized spacial score (nSPS) is 12.4. The van der Waals surface area contributed by atoms with E-state index < -0.39 is 17.4 Å². The highest BCUT2D eigenvalue weighted by atomic mass is 16.6. The van der Waals surface area contributed by atoms with Gasteiger partial charge in [-0.2, -0.15) is 0 Å². The van der Waals surface area contributed by atoms with E-state index in [1.54, 1.807) is 0 Å². The molecule has 0 aliphatic heterocycles. The van der Waals surface area contributed by atoms with Crippen LogP contribution < -0.4 is 0 Å². The molecule has 0 aromatic carbocycles. The van der Waals surface area contributed by atoms with E-state index in [0.29, 0.717) is 13.2 Å². The molecule has 0 spiro atoms. The van der Waals surface area contributed by atoms with Crippen molar-refractivity contribution in [2.75, 3.05) is 13.2 Å². The minimum atomic E-state index is -1.23. The lowest BCUT2D eigenvalue weighted by Gasteiger charge is -2.36. The maximum atomic E-state index is 12.6. The topological polar surface area (TPSA) is 52.6 Å². The molecule has 0 fully saturated rings. The highest BCUT2D eigenvalue weighted by Gasteiger charge is 2.54. The summed E-state index contributed by atoms with van der Waals surface area (Å²) < 4.78 is 10.8. The van der Waals surface area contributed by atoms with Gasteiger partial charge in [0.2, 0.25) is 0 Å². The largest absolute Gasteiger partial charge is 0.465 e. The van der Waals surface area contributed by atoms with Crippen molar-refractivity contribution in [3.63, 3.8) is 0 Å². The summed E-state index contributed by atoms with van der Waals surface area (Å²) in [7, 11) is 0. The van der Waals surface area contributed by atoms with Crippen molar-refractivity contribution >= 4 is 11.9 Å². The van der Waals surface area contributed by atoms with Crippen LogP contribution in [-0.4, -0.2) is 25.2 Å². The van der Waals surface area contributed by atoms with Gasteiger partial charge in [0.15, 0.2) is 5.41 Å². The van der Waals surface area contributed by atoms with Gasteiger partial charge in [0.25, 0.3) is 0 Å². The summed E-state index contributed by atoms with van der Waals surface area (Å²) in [5, 5.41) is 0. The number of rotatable bonds is 8. The second-order valence-electron chi connectivity index (χ2n) is 7.16. The first-order valence-corrected chi connectivity index (χ1v) is 7.91. The van der Waals surface area contributed by atoms with E-state index in [4.69, 9.17) is 9.47 Å². The lowest BCUT2D eigenvalue weighted by atomic mass is 9.69. The summed E-state index contributed by atoms with van der Waals surface area (Å²) >= 11 is 0. The molecule has 0 amide bonds. The van der Waals surface area contributed by atoms with Crippen LogP contribution in [0.2, 0.25) is 0 Å². The first-order valence-electron chi connectivity index (χ1n) is 7.91. The molecule has 4 heteroatoms. The minimum absolute atomic E-state index is 0.183. The molecular weight excluding hydrogens is 268 g/mol. The molecule has 0 N–H and O–H groups in total. The van der Waals surface area contributed by atoms with Crippen LogP contribution in [0, 0.1) is 29.1 Å². The van der Waals surface area contributed by atoms with Gasteiger partial charge in [0, 0.05) is 0 Å². The number of carbonyl (C=O) groups is 2. The highest BCUT2D eigenvalue weighted by Crippen LogP contribution is 2.39. The average Bonchev–Trinajstić information content (AvgIpc) is 2.33. The number of hydrogen-bond acceptors (Lipinski definition) is 4. The molecular formula is C17H32O4. The zero-order valence-electron chi connectivity index (χ0n) is 14.9. The Morgan fingerprint density at radius 1 is 0.714 bits per heavy atom. The summed E-state index contributed by atoms with van der Waals surface area (Å²) in [4.78, 5) is 25.2. The molecule has 0 bridgehead atoms. The predicted octanol–water partition coefficient (Wildman–Crippen LogP) is 3.68. The second kappa shape index (κ2) is 8.40. The molecule has 4 nitrogen and oxygen atoms in total. The molecule has 0 unspecified atom stereocenters. The van der Waals surface area contributed by atoms with Crippen molar-refractivity contribution in [2.24, 2.45) is 29.1 Å². The van der Waals surface area contributed by atoms with Crippen LogP contribution in [0.15, 0.2) is 0 Å². The van der Waals surface area contributed by atoms with Crippen LogP contribution in [0.5, 0.6) is 0 Å². The fraction of sp³-hybridized carbons (Fsp3) is 0.882. The summed E-state index contributed by atoms with van der Waals surface area (Å²) in [6.45, 7) is 16.0. The second-order valence-corrected chi connectivity index (χ2v) is 7.16. The van der Waals surface area contributed by atoms with Gasteiger partial charge in [-0.25, -0.2) is 0 Å². The van der Waals surface area contributed by atoms with E-state index in [1.807, 2.05) is 55.4 Å². The van der Waals surface area contributed by atoms with Crippen LogP contribution in [-0.2, 0) is 19.1 Å². The molecule has 0 rings (SSSR count). The molecule has 0 heterocycles. The van der Waals surface area contributed by atoms with Crippen molar-refractivity contribution in [1.82, 2.24) is 0 Å². The quantitative estimate of drug-likeness (QED) is 0.507. The third kappa shape index (κ3) is 5.01. The standard InChI is InChI=1S/C17H32O4/c1-11(2)9-20-15(18)17(13(5)6,14(7)8)16(19)21-10-12(3)4/h11-14H,9-10H2,1-8H3. The minimum Gasteiger partial charge on any atom is -0.465 e. The van der Waals surface area contributed by atoms with Gasteiger partial charge in [-0.3, -0.25) is 9.59 Å². The fourth-order valence-electron chi connectivity index (χ4n) is 2.42. The molecule has 0 atom stereocenters. The highest BCUT2D eigenvalue weighted by molar-refractivity contribution is 6.00. The van der Waals surface area contributed by atoms with Crippen molar-refractivity contribution in [3.8, 4) is 0 Å². The first-order chi connectivity index (χ1) is 9.56. The van der Waals surface area contributed by atoms with Gasteiger partial charge in [0.05, 0.1) is 13.2 Å². The summed E-state index contributed by atoms with van der Waals surface area (Å²) in [5.74, 6) is -0.825. The summed E-state index contributed by atoms with van der Waals surface area (Å²) in [6.07, 6.45) is 0. The molecule has 0 saturated carbocycles. The van der Waals surface area contributed by atoms with Crippen LogP contribution >= 0.6 is 0 Å². The predicted molar refractivity (Wildman–Crippen MR) is 83.7 cm³/mol. The van der Waals surface area contributed by atoms with Crippen molar-refractivity contribution < 1.29 is 19.1 Å². The monoisotopic (exact) mass is 300 g/mol. The van der Waals surface area contributed by atoms with E-state index >= 15 is 0 Å². The Bertz CT molecular complexity index is 309. The summed E-state index contributed by atoms with van der Waals surface area (Å²) in [5.41, 5.74) is -1.23. The van der Waals surface area contributed by atoms with E-state index in [0.717, 1.165) is 0 Å². The van der Waals surface area contributed by atoms with Gasteiger partial charge in [-0.05, 0) is 23.7 Å². The zero-order chi connectivity index (χ0) is 16.8. The lowest BCUT2D eigenvalue weighted by Crippen LogP contribution is -2.50. The van der Waals surface area contributed by atoms with Crippen molar-refractivity contribution in [1.29, 1.82) is 0 Å². The van der Waals surface area contributed by atoms with E-state index in [-0.39, 0.29) is 23.7 Å². The molecule has 0 aromatic heterocycles. The Labute approximate surface area is 129 Å². The van der Waals surface area contributed by atoms with Gasteiger partial charge in [0.1, 0.15) is 0 Å². The molecule has 0 aromatic rings. The van der Waals surface area contributed by atoms with Crippen molar-refractivity contribution in [3.05, 3.63) is 0 Å². The molecule has 0 aliphatic rings. The molecule has 0 saturated heterocycles. The first kappa shape index (κ1) is 19.9. The Kier molecular flexibility index (Phi) is 7.98. The maximum Gasteiger partial charge on any atom is 0.324 e. The number of ether oxygens (including phenoxy) is 2. The van der Waals surface area contributed by atoms with Crippen LogP contribution in [0.1, 0.15) is 55.4 Å².